The maximum absolute atomic E-state index is 8.95. The molecule has 0 bridgehead atoms. The molecule has 1 aliphatic carbocycles. The van der Waals surface area contributed by atoms with Gasteiger partial charge in [-0.3, -0.25) is 0 Å². The predicted molar refractivity (Wildman–Crippen MR) is 38.8 cm³/mol. The third kappa shape index (κ3) is 2.55. The fourth-order valence-corrected chi connectivity index (χ4v) is 11.6. The Morgan fingerprint density at radius 2 is 2.00 bits per heavy atom. The van der Waals surface area contributed by atoms with Gasteiger partial charge in [0.25, 0.3) is 0 Å². The molecule has 3 nitrogen and oxygen atoms in total. The Labute approximate surface area is 84.2 Å². The molecule has 0 amide bonds. The molecule has 0 saturated carbocycles. The molecule has 4 N–H and O–H groups in total. The molecule has 0 spiro atoms. The van der Waals surface area contributed by atoms with Crippen molar-refractivity contribution in [2.75, 3.05) is 0 Å². The zero-order valence-corrected chi connectivity index (χ0v) is 11.2. The first kappa shape index (κ1) is 9.64. The van der Waals surface area contributed by atoms with Crippen molar-refractivity contribution in [3.05, 3.63) is 19.3 Å². The molecule has 0 fully saturated rings. The van der Waals surface area contributed by atoms with E-state index >= 15 is 0 Å². The summed E-state index contributed by atoms with van der Waals surface area (Å²) in [6.07, 6.45) is 3.88. The number of rotatable bonds is 3. The Kier molecular flexibility index (Phi) is 4.38. The molecule has 6 heteroatoms. The zero-order valence-electron chi connectivity index (χ0n) is 4.76. The van der Waals surface area contributed by atoms with E-state index in [2.05, 4.69) is 0 Å². The third-order valence-corrected chi connectivity index (χ3v) is 10.9. The summed E-state index contributed by atoms with van der Waals surface area (Å²) in [4.78, 5) is 0. The Morgan fingerprint density at radius 1 is 1.40 bits per heavy atom. The molecule has 0 heterocycles. The van der Waals surface area contributed by atoms with Crippen molar-refractivity contribution in [3.8, 4) is 0 Å². The minimum atomic E-state index is -1.99. The predicted octanol–water partition coefficient (Wildman–Crippen LogP) is -5.94. The summed E-state index contributed by atoms with van der Waals surface area (Å²) in [7, 11) is 0. The first-order valence-corrected chi connectivity index (χ1v) is 13.9. The van der Waals surface area contributed by atoms with Gasteiger partial charge in [0.05, 0.1) is 0 Å². The molecule has 0 aliphatic heterocycles. The molecular formula is C4H6I3NO2-2. The molecule has 62 valence electrons. The van der Waals surface area contributed by atoms with Crippen LogP contribution in [0.5, 0.6) is 0 Å². The molecule has 10 heavy (non-hydrogen) atoms. The van der Waals surface area contributed by atoms with Gasteiger partial charge in [-0.2, -0.15) is 0 Å². The average molecular weight is 481 g/mol. The van der Waals surface area contributed by atoms with Gasteiger partial charge in [-0.15, -0.1) is 0 Å². The van der Waals surface area contributed by atoms with Gasteiger partial charge in [-0.05, 0) is 0 Å². The van der Waals surface area contributed by atoms with Gasteiger partial charge in [0.1, 0.15) is 0 Å². The third-order valence-electron chi connectivity index (χ3n) is 0.845. The SMILES string of the molecule is NI(O)[I-]C1=CC=C1[I-]O. The summed E-state index contributed by atoms with van der Waals surface area (Å²) in [5, 5.41) is 0. The number of nitrogens with two attached hydrogens (primary N) is 1. The summed E-state index contributed by atoms with van der Waals surface area (Å²) in [5.74, 6) is 0. The van der Waals surface area contributed by atoms with E-state index < -0.39 is 38.2 Å². The Morgan fingerprint density at radius 3 is 2.30 bits per heavy atom. The summed E-state index contributed by atoms with van der Waals surface area (Å²) in [6, 6.07) is 0. The average Bonchev–Trinajstić information content (AvgIpc) is 1.82. The molecule has 0 aromatic heterocycles. The second-order valence-corrected chi connectivity index (χ2v) is 14.4. The molecule has 0 aromatic rings. The fourth-order valence-electron chi connectivity index (χ4n) is 0.415. The molecule has 0 radical (unpaired) electrons. The number of hydrogen-bond donors (Lipinski definition) is 3. The van der Waals surface area contributed by atoms with Gasteiger partial charge in [-0.25, -0.2) is 0 Å². The van der Waals surface area contributed by atoms with E-state index in [0.29, 0.717) is 0 Å². The van der Waals surface area contributed by atoms with Crippen LogP contribution in [0.2, 0.25) is 0 Å². The van der Waals surface area contributed by atoms with Gasteiger partial charge in [0.15, 0.2) is 0 Å². The monoisotopic (exact) mass is 481 g/mol. The minimum absolute atomic E-state index is 0.307. The maximum atomic E-state index is 8.95. The van der Waals surface area contributed by atoms with E-state index in [1.54, 1.807) is 0 Å². The van der Waals surface area contributed by atoms with E-state index in [-0.39, 0.29) is 17.2 Å². The van der Waals surface area contributed by atoms with Crippen molar-refractivity contribution in [1.29, 1.82) is 0 Å². The molecule has 0 atom stereocenters. The molecule has 1 rings (SSSR count). The van der Waals surface area contributed by atoms with Crippen LogP contribution >= 0.6 is 16.5 Å². The van der Waals surface area contributed by atoms with Crippen LogP contribution in [-0.2, 0) is 0 Å². The van der Waals surface area contributed by atoms with Crippen LogP contribution in [0, 0.1) is 0 Å². The van der Waals surface area contributed by atoms with Crippen molar-refractivity contribution in [2.24, 2.45) is 3.95 Å². The number of halogens is 3. The summed E-state index contributed by atoms with van der Waals surface area (Å²) >= 11 is -3.06. The van der Waals surface area contributed by atoms with Crippen LogP contribution in [-0.4, -0.2) is 6.87 Å². The second kappa shape index (κ2) is 4.54. The van der Waals surface area contributed by atoms with Gasteiger partial charge >= 0.3 is 85.5 Å². The van der Waals surface area contributed by atoms with Crippen LogP contribution in [0.25, 0.3) is 0 Å². The van der Waals surface area contributed by atoms with Crippen molar-refractivity contribution in [3.63, 3.8) is 0 Å². The summed E-state index contributed by atoms with van der Waals surface area (Å²) in [5.41, 5.74) is 0. The molecule has 0 unspecified atom stereocenters. The second-order valence-electron chi connectivity index (χ2n) is 1.43. The fraction of sp³-hybridized carbons (Fsp3) is 0. The number of allylic oxidation sites excluding steroid dienone is 4. The normalized spacial score (nSPS) is 18.1. The van der Waals surface area contributed by atoms with Crippen LogP contribution in [0.15, 0.2) is 19.3 Å². The molecule has 0 aromatic carbocycles. The van der Waals surface area contributed by atoms with E-state index in [1.165, 1.54) is 3.58 Å². The molecule has 1 aliphatic rings. The number of hydrogen-bond acceptors (Lipinski definition) is 3. The van der Waals surface area contributed by atoms with Crippen LogP contribution in [0.3, 0.4) is 0 Å². The van der Waals surface area contributed by atoms with Gasteiger partial charge in [0.2, 0.25) is 0 Å². The van der Waals surface area contributed by atoms with Crippen molar-refractivity contribution in [2.45, 2.75) is 0 Å². The van der Waals surface area contributed by atoms with Crippen LogP contribution in [0.1, 0.15) is 0 Å². The first-order valence-electron chi connectivity index (χ1n) is 2.24. The van der Waals surface area contributed by atoms with Crippen molar-refractivity contribution < 1.29 is 45.7 Å². The van der Waals surface area contributed by atoms with Gasteiger partial charge in [-0.1, -0.05) is 0 Å². The van der Waals surface area contributed by atoms with E-state index in [4.69, 9.17) is 10.8 Å². The van der Waals surface area contributed by atoms with Gasteiger partial charge in [0, 0.05) is 0 Å². The first-order chi connectivity index (χ1) is 4.74. The van der Waals surface area contributed by atoms with Crippen molar-refractivity contribution in [1.82, 2.24) is 0 Å². The van der Waals surface area contributed by atoms with Crippen molar-refractivity contribution >= 4 is 16.5 Å². The van der Waals surface area contributed by atoms with E-state index in [9.17, 15) is 0 Å². The Bertz CT molecular complexity index is 189. The standard InChI is InChI=1S/C4H6I3NO2/c8-7(10)5-3-1-2-4(3)6-9/h1-2,9-10H,8H2/q-2. The van der Waals surface area contributed by atoms with E-state index in [1.807, 2.05) is 12.2 Å². The van der Waals surface area contributed by atoms with Crippen LogP contribution in [0.4, 0.5) is 0 Å². The summed E-state index contributed by atoms with van der Waals surface area (Å²) in [6.45, 7) is 0. The van der Waals surface area contributed by atoms with Gasteiger partial charge < -0.3 is 0 Å². The summed E-state index contributed by atoms with van der Waals surface area (Å²) < 4.78 is 25.3. The topological polar surface area (TPSA) is 66.5 Å². The van der Waals surface area contributed by atoms with E-state index in [0.717, 1.165) is 3.58 Å². The Hall–Kier alpha value is 1.55. The molecule has 0 saturated heterocycles. The Balaban J connectivity index is 2.33. The quantitative estimate of drug-likeness (QED) is 0.278. The van der Waals surface area contributed by atoms with Crippen LogP contribution < -0.4 is 42.8 Å². The molecular weight excluding hydrogens is 475 g/mol. The zero-order chi connectivity index (χ0) is 7.56.